The first-order chi connectivity index (χ1) is 6.31. The molecule has 1 amide bonds. The van der Waals surface area contributed by atoms with Gasteiger partial charge in [-0.05, 0) is 20.8 Å². The molecule has 82 valence electrons. The number of rotatable bonds is 3. The minimum Gasteiger partial charge on any atom is -0.376 e. The Labute approximate surface area is 82.9 Å². The Kier molecular flexibility index (Phi) is 5.11. The highest BCUT2D eigenvalue weighted by atomic mass is 16.7. The molecule has 0 aliphatic heterocycles. The van der Waals surface area contributed by atoms with Gasteiger partial charge in [0.2, 0.25) is 0 Å². The summed E-state index contributed by atoms with van der Waals surface area (Å²) < 4.78 is 4.19. The van der Waals surface area contributed by atoms with Gasteiger partial charge < -0.3 is 4.74 Å². The predicted molar refractivity (Wildman–Crippen MR) is 49.1 cm³/mol. The monoisotopic (exact) mass is 204 g/mol. The van der Waals surface area contributed by atoms with E-state index in [4.69, 9.17) is 4.84 Å². The fourth-order valence-corrected chi connectivity index (χ4v) is 0.514. The second-order valence-electron chi connectivity index (χ2n) is 3.70. The molecule has 0 atom stereocenters. The van der Waals surface area contributed by atoms with Gasteiger partial charge in [0.1, 0.15) is 6.73 Å². The molecule has 0 aliphatic carbocycles. The van der Waals surface area contributed by atoms with E-state index in [1.165, 1.54) is 0 Å². The van der Waals surface area contributed by atoms with Gasteiger partial charge in [-0.15, -0.1) is 0 Å². The lowest BCUT2D eigenvalue weighted by molar-refractivity contribution is -0.135. The van der Waals surface area contributed by atoms with Crippen molar-refractivity contribution in [3.8, 4) is 0 Å². The lowest BCUT2D eigenvalue weighted by atomic mass is 10.1. The summed E-state index contributed by atoms with van der Waals surface area (Å²) in [6.07, 6.45) is -0.826. The van der Waals surface area contributed by atoms with Crippen LogP contribution in [0.15, 0.2) is 0 Å². The minimum atomic E-state index is -0.826. The highest BCUT2D eigenvalue weighted by Gasteiger charge is 2.09. The van der Waals surface area contributed by atoms with Crippen LogP contribution in [-0.4, -0.2) is 24.3 Å². The van der Waals surface area contributed by atoms with E-state index in [0.29, 0.717) is 0 Å². The van der Waals surface area contributed by atoms with Gasteiger partial charge in [-0.1, -0.05) is 0 Å². The van der Waals surface area contributed by atoms with E-state index in [0.717, 1.165) is 6.92 Å². The molecule has 0 aromatic carbocycles. The number of ether oxygens (including phenoxy) is 1. The zero-order chi connectivity index (χ0) is 11.2. The van der Waals surface area contributed by atoms with Crippen LogP contribution < -0.4 is 10.8 Å². The van der Waals surface area contributed by atoms with Gasteiger partial charge in [-0.25, -0.2) is 4.79 Å². The van der Waals surface area contributed by atoms with Crippen molar-refractivity contribution in [1.82, 2.24) is 10.8 Å². The van der Waals surface area contributed by atoms with Gasteiger partial charge in [-0.2, -0.15) is 5.48 Å². The molecule has 0 radical (unpaired) electrons. The molecule has 0 aliphatic rings. The first-order valence-corrected chi connectivity index (χ1v) is 4.16. The van der Waals surface area contributed by atoms with Gasteiger partial charge in [0.05, 0.1) is 0 Å². The van der Waals surface area contributed by atoms with Crippen molar-refractivity contribution in [3.63, 3.8) is 0 Å². The van der Waals surface area contributed by atoms with Crippen LogP contribution in [0.2, 0.25) is 0 Å². The van der Waals surface area contributed by atoms with Crippen LogP contribution >= 0.6 is 0 Å². The third-order valence-corrected chi connectivity index (χ3v) is 0.903. The molecule has 0 aromatic rings. The zero-order valence-corrected chi connectivity index (χ0v) is 8.84. The first-order valence-electron chi connectivity index (χ1n) is 4.16. The SMILES string of the molecule is CC(=O)OC(=O)NCONC(C)(C)C. The van der Waals surface area contributed by atoms with Gasteiger partial charge in [-0.3, -0.25) is 14.9 Å². The fourth-order valence-electron chi connectivity index (χ4n) is 0.514. The molecular weight excluding hydrogens is 188 g/mol. The van der Waals surface area contributed by atoms with Crippen LogP contribution in [0.3, 0.4) is 0 Å². The van der Waals surface area contributed by atoms with Crippen LogP contribution in [0.25, 0.3) is 0 Å². The maximum Gasteiger partial charge on any atom is 0.416 e. The molecule has 0 heterocycles. The second-order valence-corrected chi connectivity index (χ2v) is 3.70. The summed E-state index contributed by atoms with van der Waals surface area (Å²) in [5.74, 6) is -0.661. The zero-order valence-electron chi connectivity index (χ0n) is 8.84. The van der Waals surface area contributed by atoms with E-state index < -0.39 is 12.1 Å². The normalized spacial score (nSPS) is 10.9. The number of hydroxylamine groups is 1. The van der Waals surface area contributed by atoms with Gasteiger partial charge in [0, 0.05) is 12.5 Å². The van der Waals surface area contributed by atoms with Crippen molar-refractivity contribution in [3.05, 3.63) is 0 Å². The van der Waals surface area contributed by atoms with Crippen LogP contribution in [0.4, 0.5) is 4.79 Å². The van der Waals surface area contributed by atoms with Crippen molar-refractivity contribution in [2.75, 3.05) is 6.73 Å². The highest BCUT2D eigenvalue weighted by Crippen LogP contribution is 1.96. The Morgan fingerprint density at radius 3 is 2.29 bits per heavy atom. The van der Waals surface area contributed by atoms with E-state index in [1.54, 1.807) is 0 Å². The van der Waals surface area contributed by atoms with E-state index in [-0.39, 0.29) is 12.3 Å². The largest absolute Gasteiger partial charge is 0.416 e. The van der Waals surface area contributed by atoms with E-state index in [9.17, 15) is 9.59 Å². The van der Waals surface area contributed by atoms with Gasteiger partial charge >= 0.3 is 12.1 Å². The Hall–Kier alpha value is -1.14. The molecular formula is C8H16N2O4. The molecule has 0 aromatic heterocycles. The smallest absolute Gasteiger partial charge is 0.376 e. The van der Waals surface area contributed by atoms with Crippen LogP contribution in [0.5, 0.6) is 0 Å². The summed E-state index contributed by atoms with van der Waals surface area (Å²) in [7, 11) is 0. The fraction of sp³-hybridized carbons (Fsp3) is 0.750. The van der Waals surface area contributed by atoms with Crippen molar-refractivity contribution in [2.45, 2.75) is 33.2 Å². The Morgan fingerprint density at radius 1 is 1.29 bits per heavy atom. The second kappa shape index (κ2) is 5.56. The number of alkyl carbamates (subject to hydrolysis) is 1. The number of carbonyl (C=O) groups is 2. The quantitative estimate of drug-likeness (QED) is 0.231. The van der Waals surface area contributed by atoms with E-state index >= 15 is 0 Å². The van der Waals surface area contributed by atoms with Crippen molar-refractivity contribution in [1.29, 1.82) is 0 Å². The topological polar surface area (TPSA) is 76.7 Å². The van der Waals surface area contributed by atoms with Gasteiger partial charge in [0.25, 0.3) is 0 Å². The summed E-state index contributed by atoms with van der Waals surface area (Å²) in [5, 5.41) is 2.22. The number of hydrogen-bond acceptors (Lipinski definition) is 5. The molecule has 2 N–H and O–H groups in total. The average molecular weight is 204 g/mol. The van der Waals surface area contributed by atoms with E-state index in [1.807, 2.05) is 20.8 Å². The first kappa shape index (κ1) is 12.9. The number of amides is 1. The summed E-state index contributed by atoms with van der Waals surface area (Å²) in [4.78, 5) is 25.9. The third-order valence-electron chi connectivity index (χ3n) is 0.903. The predicted octanol–water partition coefficient (Wildman–Crippen LogP) is 0.536. The molecule has 0 spiro atoms. The molecule has 6 heteroatoms. The van der Waals surface area contributed by atoms with Crippen LogP contribution in [-0.2, 0) is 14.4 Å². The summed E-state index contributed by atoms with van der Waals surface area (Å²) >= 11 is 0. The lowest BCUT2D eigenvalue weighted by Gasteiger charge is -2.19. The van der Waals surface area contributed by atoms with E-state index in [2.05, 4.69) is 15.5 Å². The molecule has 0 saturated heterocycles. The molecule has 0 saturated carbocycles. The number of esters is 1. The maximum atomic E-state index is 10.7. The maximum absolute atomic E-state index is 10.7. The molecule has 0 fully saturated rings. The number of carbonyl (C=O) groups excluding carboxylic acids is 2. The average Bonchev–Trinajstić information content (AvgIpc) is 1.95. The molecule has 0 unspecified atom stereocenters. The van der Waals surface area contributed by atoms with Crippen LogP contribution in [0.1, 0.15) is 27.7 Å². The minimum absolute atomic E-state index is 0.0661. The summed E-state index contributed by atoms with van der Waals surface area (Å²) in [6.45, 7) is 6.79. The van der Waals surface area contributed by atoms with Crippen molar-refractivity contribution >= 4 is 12.1 Å². The van der Waals surface area contributed by atoms with Gasteiger partial charge in [0.15, 0.2) is 0 Å². The van der Waals surface area contributed by atoms with Crippen molar-refractivity contribution in [2.24, 2.45) is 0 Å². The third kappa shape index (κ3) is 8.95. The Bertz CT molecular complexity index is 210. The number of nitrogens with one attached hydrogen (secondary N) is 2. The Morgan fingerprint density at radius 2 is 1.86 bits per heavy atom. The summed E-state index contributed by atoms with van der Waals surface area (Å²) in [5.41, 5.74) is 2.47. The molecule has 6 nitrogen and oxygen atoms in total. The highest BCUT2D eigenvalue weighted by molar-refractivity contribution is 5.82. The number of hydrogen-bond donors (Lipinski definition) is 2. The lowest BCUT2D eigenvalue weighted by Crippen LogP contribution is -2.39. The molecule has 14 heavy (non-hydrogen) atoms. The molecule has 0 rings (SSSR count). The standard InChI is InChI=1S/C8H16N2O4/c1-6(11)14-7(12)9-5-13-10-8(2,3)4/h10H,5H2,1-4H3,(H,9,12). The molecule has 0 bridgehead atoms. The summed E-state index contributed by atoms with van der Waals surface area (Å²) in [6, 6.07) is 0. The van der Waals surface area contributed by atoms with Crippen molar-refractivity contribution < 1.29 is 19.2 Å². The van der Waals surface area contributed by atoms with Crippen LogP contribution in [0, 0.1) is 0 Å². The Balaban J connectivity index is 3.46.